The fourth-order valence-electron chi connectivity index (χ4n) is 1.71. The topological polar surface area (TPSA) is 48.1 Å². The number of thiazole rings is 1. The molecule has 2 rings (SSSR count). The van der Waals surface area contributed by atoms with Crippen molar-refractivity contribution in [1.29, 1.82) is 0 Å². The SMILES string of the molecule is COc1cccc(Cc2sc(CN)nc2C)c1. The molecule has 0 saturated heterocycles. The van der Waals surface area contributed by atoms with E-state index in [1.54, 1.807) is 18.4 Å². The van der Waals surface area contributed by atoms with E-state index in [1.807, 2.05) is 19.1 Å². The lowest BCUT2D eigenvalue weighted by Crippen LogP contribution is -1.94. The van der Waals surface area contributed by atoms with Crippen LogP contribution in [0.2, 0.25) is 0 Å². The van der Waals surface area contributed by atoms with Gasteiger partial charge in [0.05, 0.1) is 12.8 Å². The summed E-state index contributed by atoms with van der Waals surface area (Å²) in [6.07, 6.45) is 0.890. The van der Waals surface area contributed by atoms with Gasteiger partial charge in [0.1, 0.15) is 10.8 Å². The Balaban J connectivity index is 2.21. The number of ether oxygens (including phenoxy) is 1. The van der Waals surface area contributed by atoms with Crippen LogP contribution in [0.3, 0.4) is 0 Å². The number of methoxy groups -OCH3 is 1. The summed E-state index contributed by atoms with van der Waals surface area (Å²) in [7, 11) is 1.68. The van der Waals surface area contributed by atoms with Gasteiger partial charge in [-0.15, -0.1) is 11.3 Å². The molecule has 0 saturated carbocycles. The second kappa shape index (κ2) is 5.29. The fourth-order valence-corrected chi connectivity index (χ4v) is 2.69. The first-order chi connectivity index (χ1) is 8.22. The number of hydrogen-bond acceptors (Lipinski definition) is 4. The highest BCUT2D eigenvalue weighted by atomic mass is 32.1. The number of rotatable bonds is 4. The number of aromatic nitrogens is 1. The maximum atomic E-state index is 5.60. The van der Waals surface area contributed by atoms with Crippen LogP contribution < -0.4 is 10.5 Å². The molecule has 90 valence electrons. The molecule has 0 aliphatic heterocycles. The number of nitrogens with zero attached hydrogens (tertiary/aromatic N) is 1. The third kappa shape index (κ3) is 2.84. The van der Waals surface area contributed by atoms with E-state index in [2.05, 4.69) is 17.1 Å². The van der Waals surface area contributed by atoms with Crippen molar-refractivity contribution in [2.45, 2.75) is 19.9 Å². The molecule has 1 aromatic heterocycles. The van der Waals surface area contributed by atoms with E-state index in [0.29, 0.717) is 6.54 Å². The summed E-state index contributed by atoms with van der Waals surface area (Å²) in [6, 6.07) is 8.12. The van der Waals surface area contributed by atoms with Gasteiger partial charge < -0.3 is 10.5 Å². The highest BCUT2D eigenvalue weighted by Gasteiger charge is 2.07. The smallest absolute Gasteiger partial charge is 0.119 e. The Kier molecular flexibility index (Phi) is 3.76. The van der Waals surface area contributed by atoms with Gasteiger partial charge in [0, 0.05) is 17.8 Å². The Labute approximate surface area is 105 Å². The van der Waals surface area contributed by atoms with E-state index in [1.165, 1.54) is 10.4 Å². The van der Waals surface area contributed by atoms with Crippen molar-refractivity contribution in [2.24, 2.45) is 5.73 Å². The summed E-state index contributed by atoms with van der Waals surface area (Å²) in [4.78, 5) is 5.71. The average Bonchev–Trinajstić information content (AvgIpc) is 2.70. The van der Waals surface area contributed by atoms with Crippen LogP contribution in [0.25, 0.3) is 0 Å². The van der Waals surface area contributed by atoms with Crippen molar-refractivity contribution in [3.05, 3.63) is 45.4 Å². The molecule has 0 spiro atoms. The third-order valence-electron chi connectivity index (χ3n) is 2.61. The number of aryl methyl sites for hydroxylation is 1. The van der Waals surface area contributed by atoms with Gasteiger partial charge in [-0.2, -0.15) is 0 Å². The molecule has 17 heavy (non-hydrogen) atoms. The number of benzene rings is 1. The fraction of sp³-hybridized carbons (Fsp3) is 0.308. The second-order valence-corrected chi connectivity index (χ2v) is 5.02. The van der Waals surface area contributed by atoms with Gasteiger partial charge in [-0.3, -0.25) is 0 Å². The van der Waals surface area contributed by atoms with Crippen LogP contribution in [0.5, 0.6) is 5.75 Å². The second-order valence-electron chi connectivity index (χ2n) is 3.85. The van der Waals surface area contributed by atoms with Gasteiger partial charge >= 0.3 is 0 Å². The minimum atomic E-state index is 0.517. The van der Waals surface area contributed by atoms with E-state index in [4.69, 9.17) is 10.5 Å². The third-order valence-corrected chi connectivity index (χ3v) is 3.79. The summed E-state index contributed by atoms with van der Waals surface area (Å²) >= 11 is 1.69. The van der Waals surface area contributed by atoms with Crippen LogP contribution in [-0.2, 0) is 13.0 Å². The Morgan fingerprint density at radius 3 is 2.88 bits per heavy atom. The van der Waals surface area contributed by atoms with Crippen LogP contribution in [0.1, 0.15) is 21.1 Å². The number of nitrogens with two attached hydrogens (primary N) is 1. The highest BCUT2D eigenvalue weighted by Crippen LogP contribution is 2.23. The molecule has 3 nitrogen and oxygen atoms in total. The highest BCUT2D eigenvalue weighted by molar-refractivity contribution is 7.11. The lowest BCUT2D eigenvalue weighted by Gasteiger charge is -2.03. The van der Waals surface area contributed by atoms with Gasteiger partial charge in [0.15, 0.2) is 0 Å². The standard InChI is InChI=1S/C13H16N2OS/c1-9-12(17-13(8-14)15-9)7-10-4-3-5-11(6-10)16-2/h3-6H,7-8,14H2,1-2H3. The Morgan fingerprint density at radius 1 is 1.41 bits per heavy atom. The molecule has 4 heteroatoms. The molecule has 0 bridgehead atoms. The zero-order valence-electron chi connectivity index (χ0n) is 10.1. The van der Waals surface area contributed by atoms with Crippen LogP contribution in [0.4, 0.5) is 0 Å². The van der Waals surface area contributed by atoms with E-state index >= 15 is 0 Å². The molecule has 0 aliphatic carbocycles. The summed E-state index contributed by atoms with van der Waals surface area (Å²) < 4.78 is 5.22. The summed E-state index contributed by atoms with van der Waals surface area (Å²) in [5.74, 6) is 0.892. The first kappa shape index (κ1) is 12.1. The molecule has 2 N–H and O–H groups in total. The molecule has 0 unspecified atom stereocenters. The largest absolute Gasteiger partial charge is 0.497 e. The average molecular weight is 248 g/mol. The number of hydrogen-bond donors (Lipinski definition) is 1. The van der Waals surface area contributed by atoms with Crippen LogP contribution in [0, 0.1) is 6.92 Å². The van der Waals surface area contributed by atoms with Gasteiger partial charge in [0.25, 0.3) is 0 Å². The lowest BCUT2D eigenvalue weighted by molar-refractivity contribution is 0.414. The van der Waals surface area contributed by atoms with Crippen molar-refractivity contribution in [2.75, 3.05) is 7.11 Å². The minimum Gasteiger partial charge on any atom is -0.497 e. The van der Waals surface area contributed by atoms with Crippen LogP contribution in [-0.4, -0.2) is 12.1 Å². The monoisotopic (exact) mass is 248 g/mol. The van der Waals surface area contributed by atoms with Gasteiger partial charge in [-0.25, -0.2) is 4.98 Å². The Hall–Kier alpha value is -1.39. The molecule has 1 aromatic carbocycles. The predicted molar refractivity (Wildman–Crippen MR) is 70.5 cm³/mol. The molecular weight excluding hydrogens is 232 g/mol. The molecule has 0 radical (unpaired) electrons. The van der Waals surface area contributed by atoms with Gasteiger partial charge in [0.2, 0.25) is 0 Å². The summed E-state index contributed by atoms with van der Waals surface area (Å²) in [5, 5.41) is 1.00. The molecule has 0 atom stereocenters. The van der Waals surface area contributed by atoms with E-state index in [9.17, 15) is 0 Å². The predicted octanol–water partition coefficient (Wildman–Crippen LogP) is 2.51. The summed E-state index contributed by atoms with van der Waals surface area (Å²) in [6.45, 7) is 2.55. The molecule has 1 heterocycles. The van der Waals surface area contributed by atoms with E-state index in [0.717, 1.165) is 22.9 Å². The Morgan fingerprint density at radius 2 is 2.24 bits per heavy atom. The van der Waals surface area contributed by atoms with Gasteiger partial charge in [-0.1, -0.05) is 12.1 Å². The zero-order chi connectivity index (χ0) is 12.3. The first-order valence-electron chi connectivity index (χ1n) is 5.51. The molecule has 2 aromatic rings. The van der Waals surface area contributed by atoms with Crippen molar-refractivity contribution in [3.8, 4) is 5.75 Å². The lowest BCUT2D eigenvalue weighted by atomic mass is 10.1. The maximum Gasteiger partial charge on any atom is 0.119 e. The van der Waals surface area contributed by atoms with Crippen molar-refractivity contribution in [1.82, 2.24) is 4.98 Å². The van der Waals surface area contributed by atoms with Crippen LogP contribution in [0.15, 0.2) is 24.3 Å². The van der Waals surface area contributed by atoms with E-state index in [-0.39, 0.29) is 0 Å². The van der Waals surface area contributed by atoms with Crippen LogP contribution >= 0.6 is 11.3 Å². The molecular formula is C13H16N2OS. The molecule has 0 amide bonds. The quantitative estimate of drug-likeness (QED) is 0.904. The normalized spacial score (nSPS) is 10.5. The van der Waals surface area contributed by atoms with Crippen molar-refractivity contribution < 1.29 is 4.74 Å². The first-order valence-corrected chi connectivity index (χ1v) is 6.32. The van der Waals surface area contributed by atoms with E-state index < -0.39 is 0 Å². The minimum absolute atomic E-state index is 0.517. The molecule has 0 fully saturated rings. The molecule has 0 aliphatic rings. The summed E-state index contributed by atoms with van der Waals surface area (Å²) in [5.41, 5.74) is 7.92. The zero-order valence-corrected chi connectivity index (χ0v) is 10.9. The van der Waals surface area contributed by atoms with Crippen molar-refractivity contribution in [3.63, 3.8) is 0 Å². The maximum absolute atomic E-state index is 5.60. The Bertz CT molecular complexity index is 508. The van der Waals surface area contributed by atoms with Crippen molar-refractivity contribution >= 4 is 11.3 Å². The van der Waals surface area contributed by atoms with Gasteiger partial charge in [-0.05, 0) is 24.6 Å².